The van der Waals surface area contributed by atoms with Crippen LogP contribution in [0.2, 0.25) is 0 Å². The highest BCUT2D eigenvalue weighted by Gasteiger charge is 2.27. The summed E-state index contributed by atoms with van der Waals surface area (Å²) in [5.74, 6) is -0.563. The van der Waals surface area contributed by atoms with Crippen LogP contribution in [0.25, 0.3) is 0 Å². The number of hydrogen-bond donors (Lipinski definition) is 1. The number of ether oxygens (including phenoxy) is 1. The second-order valence-corrected chi connectivity index (χ2v) is 26.4. The van der Waals surface area contributed by atoms with Gasteiger partial charge in [0, 0.05) is 12.8 Å². The molecule has 1 amide bonds. The van der Waals surface area contributed by atoms with E-state index >= 15 is 0 Å². The molecule has 10 heteroatoms. The smallest absolute Gasteiger partial charge is 0.306 e. The molecule has 500 valence electrons. The highest BCUT2D eigenvalue weighted by atomic mass is 31.2. The molecule has 87 heavy (non-hydrogen) atoms. The molecule has 0 aliphatic heterocycles. The molecule has 0 aliphatic rings. The van der Waals surface area contributed by atoms with Gasteiger partial charge in [-0.15, -0.1) is 0 Å². The van der Waals surface area contributed by atoms with E-state index in [-0.39, 0.29) is 24.9 Å². The molecule has 0 saturated carbocycles. The van der Waals surface area contributed by atoms with E-state index in [1.54, 1.807) is 0 Å². The van der Waals surface area contributed by atoms with Gasteiger partial charge < -0.3 is 28.5 Å². The number of phosphoric acid groups is 1. The van der Waals surface area contributed by atoms with Gasteiger partial charge >= 0.3 is 5.97 Å². The molecule has 0 spiro atoms. The van der Waals surface area contributed by atoms with Crippen LogP contribution in [-0.4, -0.2) is 69.4 Å². The summed E-state index contributed by atoms with van der Waals surface area (Å²) in [6.45, 7) is 6.70. The normalized spacial score (nSPS) is 14.2. The second kappa shape index (κ2) is 65.4. The van der Waals surface area contributed by atoms with Crippen LogP contribution in [0.4, 0.5) is 0 Å². The third-order valence-corrected chi connectivity index (χ3v) is 16.3. The zero-order valence-electron chi connectivity index (χ0n) is 57.2. The number of rotatable bonds is 64. The van der Waals surface area contributed by atoms with E-state index in [4.69, 9.17) is 13.8 Å². The first-order valence-corrected chi connectivity index (χ1v) is 37.3. The lowest BCUT2D eigenvalue weighted by atomic mass is 10.0. The second-order valence-electron chi connectivity index (χ2n) is 25.0. The Morgan fingerprint density at radius 2 is 0.736 bits per heavy atom. The van der Waals surface area contributed by atoms with E-state index in [1.165, 1.54) is 122 Å². The molecule has 3 unspecified atom stereocenters. The SMILES string of the molecule is CC/C=C\C/C=C\C/C=C\C/C=C\C/C=C\C/C=C\CCCCCCCCC(=O)OC(/C=C/CCCCCCCCCCCCC)C(COP(=O)([O-])OCC[N+](C)(C)C)NC(=O)CCCCCCCCCCCC/C=C\C/C=C\C/C=C\CCCCC. The standard InChI is InChI=1S/C77H135N2O7P/c1-7-10-13-16-19-22-25-28-30-32-34-36-38-39-41-43-45-47-49-52-55-58-61-64-67-70-77(81)86-75(68-65-62-59-56-53-50-27-24-21-18-15-12-9-3)74(73-85-87(82,83)84-72-71-79(4,5)6)78-76(80)69-66-63-60-57-54-51-48-46-44-42-40-37-35-33-31-29-26-23-20-17-14-11-8-2/h10,13,19-20,22-23,28-31,34-37,39,41,45,47,65,68,74-75H,7-9,11-12,14-18,21,24-27,32-33,38,40,42-44,46,48-64,66-67,69-73H2,1-6H3,(H-,78,80,82,83)/b13-10-,22-19-,23-20-,30-28-,31-29-,36-34-,37-35-,41-39-,47-45-,68-65+. The molecule has 0 aromatic carbocycles. The van der Waals surface area contributed by atoms with Crippen molar-refractivity contribution in [2.24, 2.45) is 0 Å². The molecule has 0 aromatic rings. The number of quaternary nitrogens is 1. The number of phosphoric ester groups is 1. The van der Waals surface area contributed by atoms with Crippen molar-refractivity contribution in [3.05, 3.63) is 122 Å². The summed E-state index contributed by atoms with van der Waals surface area (Å²) in [6.07, 6.45) is 91.7. The molecular formula is C77H135N2O7P. The molecule has 0 saturated heterocycles. The third-order valence-electron chi connectivity index (χ3n) is 15.4. The predicted octanol–water partition coefficient (Wildman–Crippen LogP) is 22.4. The van der Waals surface area contributed by atoms with Gasteiger partial charge in [0.25, 0.3) is 7.82 Å². The van der Waals surface area contributed by atoms with Crippen molar-refractivity contribution in [2.75, 3.05) is 40.9 Å². The van der Waals surface area contributed by atoms with Crippen molar-refractivity contribution in [1.29, 1.82) is 0 Å². The Morgan fingerprint density at radius 3 is 1.13 bits per heavy atom. The number of carbonyl (C=O) groups is 2. The Hall–Kier alpha value is -3.59. The summed E-state index contributed by atoms with van der Waals surface area (Å²) in [6, 6.07) is -0.906. The number of likely N-dealkylation sites (N-methyl/N-ethyl adjacent to an activating group) is 1. The van der Waals surface area contributed by atoms with E-state index in [2.05, 4.69) is 135 Å². The van der Waals surface area contributed by atoms with Gasteiger partial charge in [-0.25, -0.2) is 0 Å². The fourth-order valence-electron chi connectivity index (χ4n) is 9.89. The summed E-state index contributed by atoms with van der Waals surface area (Å²) in [7, 11) is 1.16. The average molecular weight is 1230 g/mol. The zero-order chi connectivity index (χ0) is 63.5. The Kier molecular flexibility index (Phi) is 62.7. The Morgan fingerprint density at radius 1 is 0.414 bits per heavy atom. The van der Waals surface area contributed by atoms with Gasteiger partial charge in [-0.2, -0.15) is 0 Å². The van der Waals surface area contributed by atoms with Gasteiger partial charge in [-0.3, -0.25) is 14.2 Å². The lowest BCUT2D eigenvalue weighted by molar-refractivity contribution is -0.870. The lowest BCUT2D eigenvalue weighted by Crippen LogP contribution is -2.47. The van der Waals surface area contributed by atoms with Crippen LogP contribution >= 0.6 is 7.82 Å². The topological polar surface area (TPSA) is 114 Å². The minimum absolute atomic E-state index is 0.0314. The molecule has 0 bridgehead atoms. The Balaban J connectivity index is 5.17. The molecule has 0 aromatic heterocycles. The number of esters is 1. The zero-order valence-corrected chi connectivity index (χ0v) is 58.1. The van der Waals surface area contributed by atoms with Gasteiger partial charge in [0.1, 0.15) is 19.3 Å². The summed E-state index contributed by atoms with van der Waals surface area (Å²) < 4.78 is 30.5. The van der Waals surface area contributed by atoms with Crippen molar-refractivity contribution >= 4 is 19.7 Å². The molecular weight excluding hydrogens is 1100 g/mol. The molecule has 1 N–H and O–H groups in total. The summed E-state index contributed by atoms with van der Waals surface area (Å²) in [5.41, 5.74) is 0. The average Bonchev–Trinajstić information content (AvgIpc) is 3.70. The van der Waals surface area contributed by atoms with Crippen molar-refractivity contribution in [2.45, 2.75) is 315 Å². The van der Waals surface area contributed by atoms with Crippen molar-refractivity contribution < 1.29 is 37.3 Å². The maximum Gasteiger partial charge on any atom is 0.306 e. The number of nitrogens with zero attached hydrogens (tertiary/aromatic N) is 1. The van der Waals surface area contributed by atoms with Gasteiger partial charge in [-0.05, 0) is 122 Å². The fraction of sp³-hybridized carbons (Fsp3) is 0.714. The van der Waals surface area contributed by atoms with Crippen molar-refractivity contribution in [3.63, 3.8) is 0 Å². The van der Waals surface area contributed by atoms with Crippen LogP contribution in [-0.2, 0) is 27.9 Å². The monoisotopic (exact) mass is 1230 g/mol. The Labute approximate surface area is 537 Å². The van der Waals surface area contributed by atoms with E-state index in [9.17, 15) is 19.0 Å². The van der Waals surface area contributed by atoms with Gasteiger partial charge in [-0.1, -0.05) is 290 Å². The molecule has 0 fully saturated rings. The largest absolute Gasteiger partial charge is 0.756 e. The Bertz CT molecular complexity index is 1900. The number of amides is 1. The lowest BCUT2D eigenvalue weighted by Gasteiger charge is -2.30. The summed E-state index contributed by atoms with van der Waals surface area (Å²) >= 11 is 0. The molecule has 0 radical (unpaired) electrons. The molecule has 3 atom stereocenters. The van der Waals surface area contributed by atoms with Crippen LogP contribution in [0, 0.1) is 0 Å². The van der Waals surface area contributed by atoms with E-state index in [1.807, 2.05) is 33.3 Å². The third kappa shape index (κ3) is 66.7. The minimum atomic E-state index is -4.72. The van der Waals surface area contributed by atoms with Crippen LogP contribution < -0.4 is 10.2 Å². The molecule has 0 rings (SSSR count). The van der Waals surface area contributed by atoms with E-state index < -0.39 is 26.6 Å². The molecule has 9 nitrogen and oxygen atoms in total. The maximum atomic E-state index is 13.6. The quantitative estimate of drug-likeness (QED) is 0.0212. The first-order chi connectivity index (χ1) is 42.4. The van der Waals surface area contributed by atoms with Crippen molar-refractivity contribution in [3.8, 4) is 0 Å². The summed E-state index contributed by atoms with van der Waals surface area (Å²) in [4.78, 5) is 40.2. The van der Waals surface area contributed by atoms with Crippen LogP contribution in [0.15, 0.2) is 122 Å². The number of nitrogens with one attached hydrogen (secondary N) is 1. The van der Waals surface area contributed by atoms with Gasteiger partial charge in [0.05, 0.1) is 33.8 Å². The summed E-state index contributed by atoms with van der Waals surface area (Å²) in [5, 5.41) is 3.04. The van der Waals surface area contributed by atoms with Crippen LogP contribution in [0.5, 0.6) is 0 Å². The highest BCUT2D eigenvalue weighted by molar-refractivity contribution is 7.45. The highest BCUT2D eigenvalue weighted by Crippen LogP contribution is 2.38. The maximum absolute atomic E-state index is 13.6. The minimum Gasteiger partial charge on any atom is -0.756 e. The van der Waals surface area contributed by atoms with Crippen LogP contribution in [0.3, 0.4) is 0 Å². The molecule has 0 aliphatic carbocycles. The first kappa shape index (κ1) is 83.4. The number of hydrogen-bond acceptors (Lipinski definition) is 7. The van der Waals surface area contributed by atoms with Crippen LogP contribution in [0.1, 0.15) is 303 Å². The number of allylic oxidation sites excluding steroid dienone is 19. The van der Waals surface area contributed by atoms with E-state index in [0.717, 1.165) is 141 Å². The number of unbranched alkanes of at least 4 members (excludes halogenated alkanes) is 30. The van der Waals surface area contributed by atoms with Gasteiger partial charge in [0.2, 0.25) is 5.91 Å². The first-order valence-electron chi connectivity index (χ1n) is 35.8. The predicted molar refractivity (Wildman–Crippen MR) is 376 cm³/mol. The van der Waals surface area contributed by atoms with E-state index in [0.29, 0.717) is 23.9 Å². The fourth-order valence-corrected chi connectivity index (χ4v) is 10.6. The molecule has 0 heterocycles. The van der Waals surface area contributed by atoms with Gasteiger partial charge in [0.15, 0.2) is 0 Å². The number of carbonyl (C=O) groups excluding carboxylic acids is 2. The van der Waals surface area contributed by atoms with Crippen molar-refractivity contribution in [1.82, 2.24) is 5.32 Å².